The third kappa shape index (κ3) is 7.26. The van der Waals surface area contributed by atoms with Crippen molar-refractivity contribution in [1.82, 2.24) is 15.3 Å². The Morgan fingerprint density at radius 1 is 0.833 bits per heavy atom. The van der Waals surface area contributed by atoms with Gasteiger partial charge in [0.15, 0.2) is 0 Å². The molecule has 0 bridgehead atoms. The SMILES string of the molecule is CCc1cccc(CNCC(c2cncc(Cc3ccccc3)n2)C(N)Cc2cc(F)cc(F)c2)c1. The Morgan fingerprint density at radius 3 is 2.31 bits per heavy atom. The van der Waals surface area contributed by atoms with Crippen LogP contribution in [0, 0.1) is 11.6 Å². The average Bonchev–Trinajstić information content (AvgIpc) is 2.87. The van der Waals surface area contributed by atoms with E-state index in [1.807, 2.05) is 18.2 Å². The topological polar surface area (TPSA) is 63.8 Å². The van der Waals surface area contributed by atoms with Gasteiger partial charge in [0.2, 0.25) is 0 Å². The van der Waals surface area contributed by atoms with E-state index in [4.69, 9.17) is 10.7 Å². The third-order valence-corrected chi connectivity index (χ3v) is 6.31. The van der Waals surface area contributed by atoms with Crippen LogP contribution < -0.4 is 11.1 Å². The zero-order valence-electron chi connectivity index (χ0n) is 20.5. The Hall–Kier alpha value is -3.48. The highest BCUT2D eigenvalue weighted by Crippen LogP contribution is 2.21. The molecular formula is C30H32F2N4. The van der Waals surface area contributed by atoms with Gasteiger partial charge >= 0.3 is 0 Å². The molecular weight excluding hydrogens is 454 g/mol. The van der Waals surface area contributed by atoms with E-state index < -0.39 is 17.7 Å². The largest absolute Gasteiger partial charge is 0.327 e. The van der Waals surface area contributed by atoms with E-state index in [1.54, 1.807) is 12.4 Å². The maximum Gasteiger partial charge on any atom is 0.126 e. The highest BCUT2D eigenvalue weighted by atomic mass is 19.1. The first-order chi connectivity index (χ1) is 17.5. The maximum absolute atomic E-state index is 13.8. The van der Waals surface area contributed by atoms with E-state index >= 15 is 0 Å². The van der Waals surface area contributed by atoms with Gasteiger partial charge in [0, 0.05) is 49.9 Å². The molecule has 4 aromatic rings. The molecule has 0 amide bonds. The van der Waals surface area contributed by atoms with Crippen LogP contribution in [0.1, 0.15) is 46.5 Å². The van der Waals surface area contributed by atoms with Gasteiger partial charge in [-0.05, 0) is 47.2 Å². The van der Waals surface area contributed by atoms with Gasteiger partial charge in [0.25, 0.3) is 0 Å². The average molecular weight is 487 g/mol. The van der Waals surface area contributed by atoms with Gasteiger partial charge in [-0.2, -0.15) is 0 Å². The number of hydrogen-bond donors (Lipinski definition) is 2. The lowest BCUT2D eigenvalue weighted by Gasteiger charge is -2.24. The van der Waals surface area contributed by atoms with Crippen LogP contribution in [-0.4, -0.2) is 22.6 Å². The van der Waals surface area contributed by atoms with Crippen molar-refractivity contribution in [1.29, 1.82) is 0 Å². The second-order valence-corrected chi connectivity index (χ2v) is 9.15. The zero-order chi connectivity index (χ0) is 25.3. The van der Waals surface area contributed by atoms with Gasteiger partial charge in [-0.1, -0.05) is 61.5 Å². The fourth-order valence-corrected chi connectivity index (χ4v) is 4.44. The highest BCUT2D eigenvalue weighted by molar-refractivity contribution is 5.25. The molecule has 4 rings (SSSR count). The fraction of sp³-hybridized carbons (Fsp3) is 0.267. The van der Waals surface area contributed by atoms with Crippen molar-refractivity contribution in [2.24, 2.45) is 5.73 Å². The first-order valence-electron chi connectivity index (χ1n) is 12.3. The summed E-state index contributed by atoms with van der Waals surface area (Å²) in [7, 11) is 0. The predicted molar refractivity (Wildman–Crippen MR) is 140 cm³/mol. The molecule has 6 heteroatoms. The third-order valence-electron chi connectivity index (χ3n) is 6.31. The van der Waals surface area contributed by atoms with Gasteiger partial charge in [0.1, 0.15) is 11.6 Å². The summed E-state index contributed by atoms with van der Waals surface area (Å²) in [4.78, 5) is 9.33. The molecule has 0 aliphatic carbocycles. The summed E-state index contributed by atoms with van der Waals surface area (Å²) in [5.41, 5.74) is 12.4. The Bertz CT molecular complexity index is 1240. The minimum absolute atomic E-state index is 0.200. The number of rotatable bonds is 11. The number of nitrogens with zero attached hydrogens (tertiary/aromatic N) is 2. The summed E-state index contributed by atoms with van der Waals surface area (Å²) < 4.78 is 27.6. The van der Waals surface area contributed by atoms with Gasteiger partial charge in [0.05, 0.1) is 11.4 Å². The van der Waals surface area contributed by atoms with Crippen LogP contribution in [0.5, 0.6) is 0 Å². The lowest BCUT2D eigenvalue weighted by atomic mass is 9.91. The summed E-state index contributed by atoms with van der Waals surface area (Å²) >= 11 is 0. The number of aryl methyl sites for hydroxylation is 1. The minimum atomic E-state index is -0.604. The maximum atomic E-state index is 13.8. The summed E-state index contributed by atoms with van der Waals surface area (Å²) in [6.45, 7) is 3.37. The summed E-state index contributed by atoms with van der Waals surface area (Å²) in [5.74, 6) is -1.41. The molecule has 1 aromatic heterocycles. The summed E-state index contributed by atoms with van der Waals surface area (Å²) in [6.07, 6.45) is 5.47. The lowest BCUT2D eigenvalue weighted by Crippen LogP contribution is -2.37. The normalized spacial score (nSPS) is 12.9. The molecule has 0 saturated heterocycles. The molecule has 1 heterocycles. The molecule has 2 unspecified atom stereocenters. The van der Waals surface area contributed by atoms with E-state index in [0.717, 1.165) is 29.4 Å². The van der Waals surface area contributed by atoms with Gasteiger partial charge in [-0.3, -0.25) is 9.97 Å². The molecule has 3 N–H and O–H groups in total. The van der Waals surface area contributed by atoms with Crippen molar-refractivity contribution in [3.8, 4) is 0 Å². The summed E-state index contributed by atoms with van der Waals surface area (Å²) in [5, 5.41) is 3.51. The van der Waals surface area contributed by atoms with Gasteiger partial charge in [-0.25, -0.2) is 8.78 Å². The van der Waals surface area contributed by atoms with Crippen molar-refractivity contribution in [2.75, 3.05) is 6.54 Å². The number of benzene rings is 3. The second kappa shape index (κ2) is 12.5. The number of nitrogens with one attached hydrogen (secondary N) is 1. The molecule has 0 aliphatic heterocycles. The van der Waals surface area contributed by atoms with Crippen molar-refractivity contribution in [3.63, 3.8) is 0 Å². The molecule has 186 valence electrons. The van der Waals surface area contributed by atoms with Crippen molar-refractivity contribution in [2.45, 2.75) is 44.7 Å². The van der Waals surface area contributed by atoms with Crippen molar-refractivity contribution < 1.29 is 8.78 Å². The molecule has 0 fully saturated rings. The molecule has 36 heavy (non-hydrogen) atoms. The summed E-state index contributed by atoms with van der Waals surface area (Å²) in [6, 6.07) is 21.7. The number of halogens is 2. The van der Waals surface area contributed by atoms with Crippen LogP contribution in [-0.2, 0) is 25.8 Å². The molecule has 4 nitrogen and oxygen atoms in total. The van der Waals surface area contributed by atoms with Crippen LogP contribution in [0.2, 0.25) is 0 Å². The van der Waals surface area contributed by atoms with E-state index in [9.17, 15) is 8.78 Å². The van der Waals surface area contributed by atoms with Gasteiger partial charge < -0.3 is 11.1 Å². The first kappa shape index (κ1) is 25.6. The van der Waals surface area contributed by atoms with Crippen LogP contribution in [0.4, 0.5) is 8.78 Å². The number of hydrogen-bond acceptors (Lipinski definition) is 4. The molecule has 0 saturated carbocycles. The Morgan fingerprint density at radius 2 is 1.56 bits per heavy atom. The van der Waals surface area contributed by atoms with Crippen LogP contribution in [0.3, 0.4) is 0 Å². The van der Waals surface area contributed by atoms with Crippen LogP contribution in [0.15, 0.2) is 85.2 Å². The highest BCUT2D eigenvalue weighted by Gasteiger charge is 2.23. The standard InChI is InChI=1S/C30H32F2N4/c1-2-21-9-6-10-23(11-21)17-34-19-28(29(33)15-24-12-25(31)16-26(32)13-24)30-20-35-18-27(36-30)14-22-7-4-3-5-8-22/h3-13,16,18,20,28-29,34H,2,14-15,17,19,33H2,1H3. The smallest absolute Gasteiger partial charge is 0.126 e. The monoisotopic (exact) mass is 486 g/mol. The Kier molecular flexibility index (Phi) is 8.87. The van der Waals surface area contributed by atoms with Crippen LogP contribution >= 0.6 is 0 Å². The Labute approximate surface area is 211 Å². The van der Waals surface area contributed by atoms with Crippen molar-refractivity contribution >= 4 is 0 Å². The number of aromatic nitrogens is 2. The van der Waals surface area contributed by atoms with Gasteiger partial charge in [-0.15, -0.1) is 0 Å². The minimum Gasteiger partial charge on any atom is -0.327 e. The predicted octanol–water partition coefficient (Wildman–Crippen LogP) is 5.35. The molecule has 0 radical (unpaired) electrons. The molecule has 2 atom stereocenters. The second-order valence-electron chi connectivity index (χ2n) is 9.15. The Balaban J connectivity index is 1.54. The van der Waals surface area contributed by atoms with Crippen molar-refractivity contribution in [3.05, 3.63) is 130 Å². The van der Waals surface area contributed by atoms with E-state index in [1.165, 1.54) is 23.3 Å². The number of nitrogens with two attached hydrogens (primary N) is 1. The van der Waals surface area contributed by atoms with E-state index in [2.05, 4.69) is 53.6 Å². The van der Waals surface area contributed by atoms with Crippen LogP contribution in [0.25, 0.3) is 0 Å². The first-order valence-corrected chi connectivity index (χ1v) is 12.3. The molecule has 0 spiro atoms. The quantitative estimate of drug-likeness (QED) is 0.300. The van der Waals surface area contributed by atoms with E-state index in [-0.39, 0.29) is 5.92 Å². The zero-order valence-corrected chi connectivity index (χ0v) is 20.5. The lowest BCUT2D eigenvalue weighted by molar-refractivity contribution is 0.474. The van der Waals surface area contributed by atoms with E-state index in [0.29, 0.717) is 31.5 Å². The molecule has 0 aliphatic rings. The fourth-order valence-electron chi connectivity index (χ4n) is 4.44. The molecule has 3 aromatic carbocycles.